The van der Waals surface area contributed by atoms with Gasteiger partial charge in [-0.05, 0) is 48.9 Å². The number of hydrogen-bond donors (Lipinski definition) is 2. The number of aryl methyl sites for hydroxylation is 1. The molecule has 0 bridgehead atoms. The summed E-state index contributed by atoms with van der Waals surface area (Å²) in [6, 6.07) is 5.73. The highest BCUT2D eigenvalue weighted by molar-refractivity contribution is 6.35. The Kier molecular flexibility index (Phi) is 4.89. The maximum Gasteiger partial charge on any atom is 0.358 e. The van der Waals surface area contributed by atoms with Crippen molar-refractivity contribution in [3.63, 3.8) is 0 Å². The number of nitrogens with one attached hydrogen (secondary N) is 1. The average molecular weight is 404 g/mol. The Morgan fingerprint density at radius 2 is 2.14 bits per heavy atom. The average Bonchev–Trinajstić information content (AvgIpc) is 3.51. The largest absolute Gasteiger partial charge is 0.497 e. The topological polar surface area (TPSA) is 93.6 Å². The molecule has 4 rings (SSSR count). The third-order valence-electron chi connectivity index (χ3n) is 5.36. The van der Waals surface area contributed by atoms with Crippen LogP contribution >= 0.6 is 11.6 Å². The summed E-state index contributed by atoms with van der Waals surface area (Å²) in [7, 11) is 2.89. The zero-order chi connectivity index (χ0) is 19.9. The highest BCUT2D eigenvalue weighted by Crippen LogP contribution is 2.41. The number of nitrogens with zero attached hydrogens (tertiary/aromatic N) is 2. The Labute approximate surface area is 168 Å². The van der Waals surface area contributed by atoms with Crippen molar-refractivity contribution < 1.29 is 19.4 Å². The van der Waals surface area contributed by atoms with E-state index in [1.165, 1.54) is 7.11 Å². The fourth-order valence-corrected chi connectivity index (χ4v) is 3.79. The van der Waals surface area contributed by atoms with E-state index in [-0.39, 0.29) is 23.2 Å². The molecule has 0 aliphatic heterocycles. The summed E-state index contributed by atoms with van der Waals surface area (Å²) in [6.45, 7) is 0.203. The van der Waals surface area contributed by atoms with Crippen LogP contribution in [0, 0.1) is 0 Å². The predicted octanol–water partition coefficient (Wildman–Crippen LogP) is 3.05. The smallest absolute Gasteiger partial charge is 0.358 e. The van der Waals surface area contributed by atoms with Gasteiger partial charge >= 0.3 is 5.97 Å². The highest BCUT2D eigenvalue weighted by Gasteiger charge is 2.37. The maximum atomic E-state index is 12.1. The maximum absolute atomic E-state index is 12.1. The lowest BCUT2D eigenvalue weighted by Gasteiger charge is -2.25. The molecule has 1 atom stereocenters. The van der Waals surface area contributed by atoms with Crippen LogP contribution in [0.2, 0.25) is 5.02 Å². The van der Waals surface area contributed by atoms with E-state index in [1.54, 1.807) is 7.11 Å². The number of esters is 1. The van der Waals surface area contributed by atoms with Gasteiger partial charge in [0.25, 0.3) is 0 Å². The van der Waals surface area contributed by atoms with Crippen LogP contribution in [-0.4, -0.2) is 41.8 Å². The van der Waals surface area contributed by atoms with E-state index >= 15 is 0 Å². The van der Waals surface area contributed by atoms with Crippen molar-refractivity contribution in [2.45, 2.75) is 37.2 Å². The molecule has 0 amide bonds. The molecule has 1 heterocycles. The minimum absolute atomic E-state index is 0.0454. The summed E-state index contributed by atoms with van der Waals surface area (Å²) in [4.78, 5) is 20.8. The number of anilines is 1. The lowest BCUT2D eigenvalue weighted by atomic mass is 9.95. The van der Waals surface area contributed by atoms with E-state index in [2.05, 4.69) is 15.3 Å². The minimum Gasteiger partial charge on any atom is -0.497 e. The van der Waals surface area contributed by atoms with Crippen molar-refractivity contribution in [1.29, 1.82) is 0 Å². The number of aliphatic hydroxyl groups is 1. The Morgan fingerprint density at radius 1 is 1.36 bits per heavy atom. The van der Waals surface area contributed by atoms with E-state index in [4.69, 9.17) is 21.1 Å². The molecule has 0 spiro atoms. The van der Waals surface area contributed by atoms with Crippen molar-refractivity contribution in [1.82, 2.24) is 9.97 Å². The number of halogens is 1. The van der Waals surface area contributed by atoms with Crippen LogP contribution < -0.4 is 10.1 Å². The molecule has 0 radical (unpaired) electrons. The third-order valence-corrected chi connectivity index (χ3v) is 5.72. The van der Waals surface area contributed by atoms with Crippen molar-refractivity contribution in [2.75, 3.05) is 26.1 Å². The number of fused-ring (bicyclic) bond motifs is 1. The second-order valence-electron chi connectivity index (χ2n) is 7.27. The molecular weight excluding hydrogens is 382 g/mol. The summed E-state index contributed by atoms with van der Waals surface area (Å²) in [5, 5.41) is 14.5. The molecule has 148 valence electrons. The van der Waals surface area contributed by atoms with Crippen LogP contribution in [0.25, 0.3) is 0 Å². The normalized spacial score (nSPS) is 20.6. The van der Waals surface area contributed by atoms with Crippen LogP contribution in [0.15, 0.2) is 18.2 Å². The number of hydrogen-bond acceptors (Lipinski definition) is 7. The van der Waals surface area contributed by atoms with Crippen LogP contribution in [0.4, 0.5) is 5.82 Å². The van der Waals surface area contributed by atoms with Gasteiger partial charge in [-0.25, -0.2) is 14.8 Å². The number of ether oxygens (including phenoxy) is 2. The fourth-order valence-electron chi connectivity index (χ4n) is 3.56. The van der Waals surface area contributed by atoms with Gasteiger partial charge < -0.3 is 19.9 Å². The van der Waals surface area contributed by atoms with Gasteiger partial charge in [-0.15, -0.1) is 0 Å². The number of carbonyl (C=O) groups excluding carboxylic acids is 1. The summed E-state index contributed by atoms with van der Waals surface area (Å²) < 4.78 is 10.1. The first-order valence-corrected chi connectivity index (χ1v) is 9.62. The molecule has 1 saturated carbocycles. The standard InChI is InChI=1S/C20H22ClN3O4/c1-27-13-6-5-11-7-8-20(26,14(11)9-13)10-22-18-15(21)16(19(25)28-2)23-17(24-18)12-3-4-12/h5-6,9,12,26H,3-4,7-8,10H2,1-2H3,(H,22,23,24). The Hall–Kier alpha value is -2.38. The second kappa shape index (κ2) is 7.22. The van der Waals surface area contributed by atoms with Crippen LogP contribution in [-0.2, 0) is 16.8 Å². The SMILES string of the molecule is COC(=O)c1nc(C2CC2)nc(NCC2(O)CCc3ccc(OC)cc32)c1Cl. The Morgan fingerprint density at radius 3 is 2.82 bits per heavy atom. The van der Waals surface area contributed by atoms with Gasteiger partial charge in [-0.3, -0.25) is 0 Å². The molecule has 2 aliphatic carbocycles. The van der Waals surface area contributed by atoms with E-state index in [0.717, 1.165) is 30.4 Å². The number of carbonyl (C=O) groups is 1. The third kappa shape index (κ3) is 3.40. The molecule has 1 unspecified atom stereocenters. The van der Waals surface area contributed by atoms with Gasteiger partial charge in [-0.1, -0.05) is 17.7 Å². The Balaban J connectivity index is 1.62. The van der Waals surface area contributed by atoms with Crippen LogP contribution in [0.3, 0.4) is 0 Å². The van der Waals surface area contributed by atoms with Gasteiger partial charge in [-0.2, -0.15) is 0 Å². The molecule has 7 nitrogen and oxygen atoms in total. The van der Waals surface area contributed by atoms with E-state index in [0.29, 0.717) is 23.8 Å². The molecule has 1 aromatic carbocycles. The molecule has 1 fully saturated rings. The predicted molar refractivity (Wildman–Crippen MR) is 104 cm³/mol. The number of rotatable bonds is 6. The second-order valence-corrected chi connectivity index (χ2v) is 7.65. The van der Waals surface area contributed by atoms with Crippen molar-refractivity contribution >= 4 is 23.4 Å². The van der Waals surface area contributed by atoms with Crippen LogP contribution in [0.5, 0.6) is 5.75 Å². The molecule has 8 heteroatoms. The summed E-state index contributed by atoms with van der Waals surface area (Å²) in [5.74, 6) is 1.24. The van der Waals surface area contributed by atoms with Gasteiger partial charge in [0, 0.05) is 12.5 Å². The molecule has 0 saturated heterocycles. The van der Waals surface area contributed by atoms with Crippen LogP contribution in [0.1, 0.15) is 52.6 Å². The zero-order valence-electron chi connectivity index (χ0n) is 15.8. The molecule has 1 aromatic heterocycles. The molecule has 28 heavy (non-hydrogen) atoms. The quantitative estimate of drug-likeness (QED) is 0.716. The van der Waals surface area contributed by atoms with Crippen molar-refractivity contribution in [2.24, 2.45) is 0 Å². The van der Waals surface area contributed by atoms with Gasteiger partial charge in [0.15, 0.2) is 5.69 Å². The molecule has 2 aliphatic rings. The first-order chi connectivity index (χ1) is 13.4. The van der Waals surface area contributed by atoms with E-state index < -0.39 is 11.6 Å². The highest BCUT2D eigenvalue weighted by atomic mass is 35.5. The molecule has 2 N–H and O–H groups in total. The zero-order valence-corrected chi connectivity index (χ0v) is 16.5. The van der Waals surface area contributed by atoms with Gasteiger partial charge in [0.1, 0.15) is 28.0 Å². The summed E-state index contributed by atoms with van der Waals surface area (Å²) in [5.41, 5.74) is 0.889. The van der Waals surface area contributed by atoms with Crippen molar-refractivity contribution in [3.05, 3.63) is 45.9 Å². The van der Waals surface area contributed by atoms with Gasteiger partial charge in [0.2, 0.25) is 0 Å². The first-order valence-electron chi connectivity index (χ1n) is 9.24. The monoisotopic (exact) mass is 403 g/mol. The number of aromatic nitrogens is 2. The first kappa shape index (κ1) is 19.0. The van der Waals surface area contributed by atoms with E-state index in [1.807, 2.05) is 18.2 Å². The van der Waals surface area contributed by atoms with Gasteiger partial charge in [0.05, 0.1) is 14.2 Å². The molecular formula is C20H22ClN3O4. The minimum atomic E-state index is -1.08. The number of benzene rings is 1. The fraction of sp³-hybridized carbons (Fsp3) is 0.450. The number of methoxy groups -OCH3 is 2. The van der Waals surface area contributed by atoms with Crippen molar-refractivity contribution in [3.8, 4) is 5.75 Å². The summed E-state index contributed by atoms with van der Waals surface area (Å²) >= 11 is 6.37. The van der Waals surface area contributed by atoms with E-state index in [9.17, 15) is 9.90 Å². The lowest BCUT2D eigenvalue weighted by Crippen LogP contribution is -2.32. The lowest BCUT2D eigenvalue weighted by molar-refractivity contribution is 0.0524. The Bertz CT molecular complexity index is 932. The molecule has 2 aromatic rings. The summed E-state index contributed by atoms with van der Waals surface area (Å²) in [6.07, 6.45) is 3.32.